The van der Waals surface area contributed by atoms with Gasteiger partial charge in [-0.25, -0.2) is 4.98 Å². The first kappa shape index (κ1) is 22.6. The fourth-order valence-corrected chi connectivity index (χ4v) is 4.57. The SMILES string of the molecule is C.Cc1noc(C)c1-c1cc(-c2cccc(C#N)c2C)c2nc(N3CCN(C)CC3)[nH]c2c1. The lowest BCUT2D eigenvalue weighted by atomic mass is 9.92. The first-order chi connectivity index (χ1) is 15.5. The topological polar surface area (TPSA) is 85.0 Å². The van der Waals surface area contributed by atoms with Crippen LogP contribution in [-0.2, 0) is 0 Å². The molecule has 2 aromatic heterocycles. The van der Waals surface area contributed by atoms with Crippen LogP contribution in [0.1, 0.15) is 30.0 Å². The van der Waals surface area contributed by atoms with E-state index in [0.29, 0.717) is 5.56 Å². The van der Waals surface area contributed by atoms with Crippen molar-refractivity contribution in [2.24, 2.45) is 0 Å². The van der Waals surface area contributed by atoms with Gasteiger partial charge in [0.05, 0.1) is 28.4 Å². The molecule has 33 heavy (non-hydrogen) atoms. The Hall–Kier alpha value is -3.63. The minimum atomic E-state index is 0. The Kier molecular flexibility index (Phi) is 5.96. The molecule has 0 unspecified atom stereocenters. The number of nitrogens with one attached hydrogen (secondary N) is 1. The number of aryl methyl sites for hydroxylation is 2. The van der Waals surface area contributed by atoms with Crippen LogP contribution in [0.3, 0.4) is 0 Å². The Labute approximate surface area is 194 Å². The zero-order valence-corrected chi connectivity index (χ0v) is 18.9. The minimum Gasteiger partial charge on any atom is -0.361 e. The predicted octanol–water partition coefficient (Wildman–Crippen LogP) is 5.07. The highest BCUT2D eigenvalue weighted by atomic mass is 16.5. The lowest BCUT2D eigenvalue weighted by molar-refractivity contribution is 0.311. The third-order valence-corrected chi connectivity index (χ3v) is 6.44. The average molecular weight is 443 g/mol. The first-order valence-corrected chi connectivity index (χ1v) is 10.9. The van der Waals surface area contributed by atoms with Crippen molar-refractivity contribution in [3.8, 4) is 28.3 Å². The monoisotopic (exact) mass is 442 g/mol. The lowest BCUT2D eigenvalue weighted by Crippen LogP contribution is -2.44. The Morgan fingerprint density at radius 1 is 1.06 bits per heavy atom. The number of imidazole rings is 1. The van der Waals surface area contributed by atoms with Gasteiger partial charge in [0.2, 0.25) is 5.95 Å². The Balaban J connectivity index is 0.00000259. The maximum Gasteiger partial charge on any atom is 0.203 e. The maximum atomic E-state index is 9.57. The van der Waals surface area contributed by atoms with E-state index in [4.69, 9.17) is 9.51 Å². The molecule has 0 radical (unpaired) electrons. The highest BCUT2D eigenvalue weighted by Gasteiger charge is 2.21. The number of fused-ring (bicyclic) bond motifs is 1. The molecule has 0 bridgehead atoms. The van der Waals surface area contributed by atoms with Crippen molar-refractivity contribution >= 4 is 17.0 Å². The van der Waals surface area contributed by atoms with Gasteiger partial charge in [0.25, 0.3) is 0 Å². The molecule has 3 heterocycles. The lowest BCUT2D eigenvalue weighted by Gasteiger charge is -2.32. The molecule has 170 valence electrons. The molecular formula is C26H30N6O. The van der Waals surface area contributed by atoms with E-state index >= 15 is 0 Å². The highest BCUT2D eigenvalue weighted by Crippen LogP contribution is 2.38. The van der Waals surface area contributed by atoms with Crippen molar-refractivity contribution in [1.82, 2.24) is 20.0 Å². The number of anilines is 1. The van der Waals surface area contributed by atoms with Crippen LogP contribution in [0.15, 0.2) is 34.9 Å². The summed E-state index contributed by atoms with van der Waals surface area (Å²) in [6.07, 6.45) is 0. The molecule has 1 N–H and O–H groups in total. The number of hydrogen-bond donors (Lipinski definition) is 1. The molecule has 1 aliphatic rings. The van der Waals surface area contributed by atoms with Crippen LogP contribution in [0.4, 0.5) is 5.95 Å². The van der Waals surface area contributed by atoms with Gasteiger partial charge in [0, 0.05) is 37.3 Å². The molecule has 0 amide bonds. The van der Waals surface area contributed by atoms with Crippen LogP contribution in [-0.4, -0.2) is 53.3 Å². The molecule has 0 spiro atoms. The summed E-state index contributed by atoms with van der Waals surface area (Å²) >= 11 is 0. The summed E-state index contributed by atoms with van der Waals surface area (Å²) in [6, 6.07) is 12.4. The van der Waals surface area contributed by atoms with Crippen LogP contribution < -0.4 is 4.90 Å². The smallest absolute Gasteiger partial charge is 0.203 e. The van der Waals surface area contributed by atoms with Gasteiger partial charge >= 0.3 is 0 Å². The summed E-state index contributed by atoms with van der Waals surface area (Å²) < 4.78 is 5.45. The van der Waals surface area contributed by atoms with Gasteiger partial charge in [0.15, 0.2) is 0 Å². The van der Waals surface area contributed by atoms with Gasteiger partial charge in [-0.1, -0.05) is 24.7 Å². The normalized spacial score (nSPS) is 14.3. The highest BCUT2D eigenvalue weighted by molar-refractivity contribution is 5.98. The first-order valence-electron chi connectivity index (χ1n) is 10.9. The molecule has 1 fully saturated rings. The Morgan fingerprint density at radius 3 is 2.48 bits per heavy atom. The standard InChI is InChI=1S/C25H26N6O.CH4/c1-15-18(14-26)6-5-7-20(15)21-12-19(23-16(2)29-32-17(23)3)13-22-24(21)28-25(27-22)31-10-8-30(4)9-11-31;/h5-7,12-13H,8-11H2,1-4H3,(H,27,28);1H4. The summed E-state index contributed by atoms with van der Waals surface area (Å²) in [5.74, 6) is 1.67. The summed E-state index contributed by atoms with van der Waals surface area (Å²) in [7, 11) is 2.15. The van der Waals surface area contributed by atoms with Crippen LogP contribution >= 0.6 is 0 Å². The Bertz CT molecular complexity index is 1330. The fraction of sp³-hybridized carbons (Fsp3) is 0.346. The van der Waals surface area contributed by atoms with E-state index in [9.17, 15) is 5.26 Å². The zero-order valence-electron chi connectivity index (χ0n) is 18.9. The molecule has 0 atom stereocenters. The number of likely N-dealkylation sites (N-methyl/N-ethyl adjacent to an activating group) is 1. The summed E-state index contributed by atoms with van der Waals surface area (Å²) in [6.45, 7) is 9.78. The van der Waals surface area contributed by atoms with E-state index in [-0.39, 0.29) is 7.43 Å². The number of rotatable bonds is 3. The number of aromatic nitrogens is 3. The third-order valence-electron chi connectivity index (χ3n) is 6.44. The second-order valence-corrected chi connectivity index (χ2v) is 8.56. The Morgan fingerprint density at radius 2 is 1.82 bits per heavy atom. The van der Waals surface area contributed by atoms with Crippen LogP contribution in [0.2, 0.25) is 0 Å². The zero-order chi connectivity index (χ0) is 22.4. The molecule has 1 aliphatic heterocycles. The van der Waals surface area contributed by atoms with E-state index in [2.05, 4.69) is 51.3 Å². The molecule has 7 nitrogen and oxygen atoms in total. The van der Waals surface area contributed by atoms with Gasteiger partial charge in [-0.05, 0) is 62.7 Å². The molecule has 0 aliphatic carbocycles. The molecule has 2 aromatic carbocycles. The summed E-state index contributed by atoms with van der Waals surface area (Å²) in [5, 5.41) is 13.7. The number of benzene rings is 2. The van der Waals surface area contributed by atoms with Gasteiger partial charge in [-0.15, -0.1) is 0 Å². The third kappa shape index (κ3) is 3.87. The van der Waals surface area contributed by atoms with Crippen molar-refractivity contribution in [1.29, 1.82) is 5.26 Å². The van der Waals surface area contributed by atoms with E-state index in [1.165, 1.54) is 0 Å². The number of hydrogen-bond acceptors (Lipinski definition) is 6. The molecule has 0 saturated carbocycles. The van der Waals surface area contributed by atoms with Crippen molar-refractivity contribution in [3.05, 3.63) is 52.9 Å². The second-order valence-electron chi connectivity index (χ2n) is 8.56. The number of aromatic amines is 1. The summed E-state index contributed by atoms with van der Waals surface area (Å²) in [5.41, 5.74) is 8.40. The van der Waals surface area contributed by atoms with Gasteiger partial charge < -0.3 is 19.3 Å². The molecule has 1 saturated heterocycles. The van der Waals surface area contributed by atoms with Crippen LogP contribution in [0, 0.1) is 32.1 Å². The number of nitrogens with zero attached hydrogens (tertiary/aromatic N) is 5. The molecule has 5 rings (SSSR count). The van der Waals surface area contributed by atoms with E-state index in [1.54, 1.807) is 0 Å². The van der Waals surface area contributed by atoms with E-state index < -0.39 is 0 Å². The van der Waals surface area contributed by atoms with Gasteiger partial charge in [-0.3, -0.25) is 0 Å². The number of H-pyrrole nitrogens is 1. The molecule has 4 aromatic rings. The largest absolute Gasteiger partial charge is 0.361 e. The van der Waals surface area contributed by atoms with Crippen molar-refractivity contribution in [2.75, 3.05) is 38.1 Å². The van der Waals surface area contributed by atoms with Gasteiger partial charge in [0.1, 0.15) is 5.76 Å². The van der Waals surface area contributed by atoms with Gasteiger partial charge in [-0.2, -0.15) is 5.26 Å². The quantitative estimate of drug-likeness (QED) is 0.477. The van der Waals surface area contributed by atoms with Crippen LogP contribution in [0.25, 0.3) is 33.3 Å². The van der Waals surface area contributed by atoms with Crippen molar-refractivity contribution in [3.63, 3.8) is 0 Å². The van der Waals surface area contributed by atoms with Crippen LogP contribution in [0.5, 0.6) is 0 Å². The van der Waals surface area contributed by atoms with E-state index in [1.807, 2.05) is 32.9 Å². The number of piperazine rings is 1. The maximum absolute atomic E-state index is 9.57. The van der Waals surface area contributed by atoms with Crippen molar-refractivity contribution < 1.29 is 4.52 Å². The molecule has 7 heteroatoms. The second kappa shape index (κ2) is 8.72. The fourth-order valence-electron chi connectivity index (χ4n) is 4.57. The molecular weight excluding hydrogens is 412 g/mol. The van der Waals surface area contributed by atoms with Crippen molar-refractivity contribution in [2.45, 2.75) is 28.2 Å². The minimum absolute atomic E-state index is 0. The average Bonchev–Trinajstić information content (AvgIpc) is 3.36. The number of nitriles is 1. The van der Waals surface area contributed by atoms with E-state index in [0.717, 1.165) is 82.4 Å². The predicted molar refractivity (Wildman–Crippen MR) is 132 cm³/mol. The summed E-state index contributed by atoms with van der Waals surface area (Å²) in [4.78, 5) is 13.2.